The normalized spacial score (nSPS) is 10.3. The van der Waals surface area contributed by atoms with E-state index in [1.807, 2.05) is 26.0 Å². The molecule has 3 rings (SSSR count). The summed E-state index contributed by atoms with van der Waals surface area (Å²) in [6.45, 7) is 2.99. The molecule has 3 aromatic rings. The molecule has 0 aliphatic rings. The van der Waals surface area contributed by atoms with E-state index in [2.05, 4.69) is 10.6 Å². The summed E-state index contributed by atoms with van der Waals surface area (Å²) in [5.74, 6) is -2.11. The highest BCUT2D eigenvalue weighted by Crippen LogP contribution is 2.19. The zero-order valence-corrected chi connectivity index (χ0v) is 18.5. The highest BCUT2D eigenvalue weighted by atomic mass is 32.1. The van der Waals surface area contributed by atoms with Gasteiger partial charge in [-0.25, -0.2) is 4.79 Å². The van der Waals surface area contributed by atoms with Crippen LogP contribution in [0.4, 0.5) is 5.69 Å². The Kier molecular flexibility index (Phi) is 7.51. The summed E-state index contributed by atoms with van der Waals surface area (Å²) < 4.78 is 5.05. The molecule has 0 atom stereocenters. The lowest BCUT2D eigenvalue weighted by Crippen LogP contribution is -2.35. The van der Waals surface area contributed by atoms with Crippen LogP contribution in [-0.4, -0.2) is 36.7 Å². The van der Waals surface area contributed by atoms with E-state index in [9.17, 15) is 19.2 Å². The third-order valence-electron chi connectivity index (χ3n) is 4.80. The number of anilines is 1. The highest BCUT2D eigenvalue weighted by molar-refractivity contribution is 7.12. The second-order valence-corrected chi connectivity index (χ2v) is 7.95. The van der Waals surface area contributed by atoms with Gasteiger partial charge in [-0.05, 0) is 48.6 Å². The molecule has 7 nitrogen and oxygen atoms in total. The van der Waals surface area contributed by atoms with E-state index >= 15 is 0 Å². The molecule has 0 radical (unpaired) electrons. The first-order valence-corrected chi connectivity index (χ1v) is 10.7. The third kappa shape index (κ3) is 5.67. The first-order valence-electron chi connectivity index (χ1n) is 9.84. The first-order chi connectivity index (χ1) is 15.4. The second-order valence-electron chi connectivity index (χ2n) is 7.00. The predicted octanol–water partition coefficient (Wildman–Crippen LogP) is 3.51. The molecule has 32 heavy (non-hydrogen) atoms. The zero-order chi connectivity index (χ0) is 23.1. The van der Waals surface area contributed by atoms with Crippen LogP contribution in [0.25, 0.3) is 0 Å². The molecule has 0 bridgehead atoms. The van der Waals surface area contributed by atoms with Crippen LogP contribution in [0.3, 0.4) is 0 Å². The topological polar surface area (TPSA) is 102 Å². The standard InChI is InChI=1S/C24H22N2O5S/c1-15-7-5-10-19(16(15)2)26-21(27)13-25-22(28)14-31-24(30)18-9-4-3-8-17(18)23(29)20-11-6-12-32-20/h3-12H,13-14H2,1-2H3,(H,25,28)(H,26,27). The maximum atomic E-state index is 12.6. The molecule has 0 saturated carbocycles. The number of nitrogens with one attached hydrogen (secondary N) is 2. The van der Waals surface area contributed by atoms with Gasteiger partial charge in [-0.2, -0.15) is 0 Å². The number of rotatable bonds is 8. The maximum absolute atomic E-state index is 12.6. The van der Waals surface area contributed by atoms with Gasteiger partial charge in [0.2, 0.25) is 11.7 Å². The van der Waals surface area contributed by atoms with Gasteiger partial charge in [0.1, 0.15) is 0 Å². The first kappa shape index (κ1) is 22.9. The average Bonchev–Trinajstić information content (AvgIpc) is 3.33. The van der Waals surface area contributed by atoms with Gasteiger partial charge in [-0.15, -0.1) is 11.3 Å². The van der Waals surface area contributed by atoms with Crippen molar-refractivity contribution in [3.8, 4) is 0 Å². The summed E-state index contributed by atoms with van der Waals surface area (Å²) in [5.41, 5.74) is 2.93. The van der Waals surface area contributed by atoms with E-state index in [0.29, 0.717) is 10.6 Å². The van der Waals surface area contributed by atoms with Crippen LogP contribution >= 0.6 is 11.3 Å². The van der Waals surface area contributed by atoms with Gasteiger partial charge in [0.15, 0.2) is 6.61 Å². The second kappa shape index (κ2) is 10.5. The lowest BCUT2D eigenvalue weighted by atomic mass is 10.0. The lowest BCUT2D eigenvalue weighted by Gasteiger charge is -2.11. The minimum absolute atomic E-state index is 0.0753. The van der Waals surface area contributed by atoms with E-state index in [0.717, 1.165) is 11.1 Å². The molecule has 1 heterocycles. The van der Waals surface area contributed by atoms with Gasteiger partial charge in [-0.1, -0.05) is 36.4 Å². The fraction of sp³-hybridized carbons (Fsp3) is 0.167. The number of carbonyl (C=O) groups excluding carboxylic acids is 4. The zero-order valence-electron chi connectivity index (χ0n) is 17.6. The van der Waals surface area contributed by atoms with Crippen molar-refractivity contribution in [1.29, 1.82) is 0 Å². The van der Waals surface area contributed by atoms with E-state index < -0.39 is 24.4 Å². The van der Waals surface area contributed by atoms with Crippen molar-refractivity contribution >= 4 is 40.6 Å². The number of benzene rings is 2. The number of carbonyl (C=O) groups is 4. The molecule has 0 spiro atoms. The van der Waals surface area contributed by atoms with Crippen molar-refractivity contribution in [2.75, 3.05) is 18.5 Å². The van der Waals surface area contributed by atoms with E-state index in [4.69, 9.17) is 4.74 Å². The quantitative estimate of drug-likeness (QED) is 0.404. The Bertz CT molecular complexity index is 1150. The van der Waals surface area contributed by atoms with Gasteiger partial charge in [0, 0.05) is 11.3 Å². The van der Waals surface area contributed by atoms with Crippen molar-refractivity contribution < 1.29 is 23.9 Å². The lowest BCUT2D eigenvalue weighted by molar-refractivity contribution is -0.126. The van der Waals surface area contributed by atoms with Crippen molar-refractivity contribution in [3.63, 3.8) is 0 Å². The van der Waals surface area contributed by atoms with Gasteiger partial charge in [0.25, 0.3) is 5.91 Å². The van der Waals surface area contributed by atoms with Crippen LogP contribution < -0.4 is 10.6 Å². The minimum Gasteiger partial charge on any atom is -0.452 e. The molecular weight excluding hydrogens is 428 g/mol. The number of aryl methyl sites for hydroxylation is 1. The van der Waals surface area contributed by atoms with E-state index in [1.165, 1.54) is 23.5 Å². The summed E-state index contributed by atoms with van der Waals surface area (Å²) in [5, 5.41) is 6.92. The van der Waals surface area contributed by atoms with Gasteiger partial charge >= 0.3 is 5.97 Å². The van der Waals surface area contributed by atoms with Gasteiger partial charge in [-0.3, -0.25) is 14.4 Å². The molecule has 2 aromatic carbocycles. The predicted molar refractivity (Wildman–Crippen MR) is 122 cm³/mol. The molecule has 0 unspecified atom stereocenters. The summed E-state index contributed by atoms with van der Waals surface area (Å²) in [6.07, 6.45) is 0. The molecule has 164 valence electrons. The molecule has 0 aliphatic carbocycles. The molecule has 0 aliphatic heterocycles. The SMILES string of the molecule is Cc1cccc(NC(=O)CNC(=O)COC(=O)c2ccccc2C(=O)c2cccs2)c1C. The van der Waals surface area contributed by atoms with Gasteiger partial charge in [0.05, 0.1) is 17.0 Å². The van der Waals surface area contributed by atoms with Crippen molar-refractivity contribution in [2.24, 2.45) is 0 Å². The number of ether oxygens (including phenoxy) is 1. The molecule has 2 N–H and O–H groups in total. The summed E-state index contributed by atoms with van der Waals surface area (Å²) in [6, 6.07) is 15.2. The molecule has 0 fully saturated rings. The van der Waals surface area contributed by atoms with E-state index in [1.54, 1.807) is 35.7 Å². The van der Waals surface area contributed by atoms with Crippen LogP contribution in [0.15, 0.2) is 60.0 Å². The number of amides is 2. The monoisotopic (exact) mass is 450 g/mol. The van der Waals surface area contributed by atoms with Crippen LogP contribution in [-0.2, 0) is 14.3 Å². The van der Waals surface area contributed by atoms with Crippen molar-refractivity contribution in [2.45, 2.75) is 13.8 Å². The number of hydrogen-bond donors (Lipinski definition) is 2. The Morgan fingerprint density at radius 1 is 0.875 bits per heavy atom. The van der Waals surface area contributed by atoms with Crippen LogP contribution in [0.5, 0.6) is 0 Å². The number of thiophene rings is 1. The smallest absolute Gasteiger partial charge is 0.339 e. The van der Waals surface area contributed by atoms with E-state index in [-0.39, 0.29) is 23.5 Å². The molecule has 8 heteroatoms. The Labute approximate surface area is 189 Å². The highest BCUT2D eigenvalue weighted by Gasteiger charge is 2.20. The molecule has 2 amide bonds. The molecule has 0 saturated heterocycles. The van der Waals surface area contributed by atoms with Crippen LogP contribution in [0, 0.1) is 13.8 Å². The number of esters is 1. The fourth-order valence-electron chi connectivity index (χ4n) is 2.92. The van der Waals surface area contributed by atoms with Crippen LogP contribution in [0.2, 0.25) is 0 Å². The Morgan fingerprint density at radius 2 is 1.62 bits per heavy atom. The Morgan fingerprint density at radius 3 is 2.34 bits per heavy atom. The number of ketones is 1. The van der Waals surface area contributed by atoms with Crippen molar-refractivity contribution in [3.05, 3.63) is 87.1 Å². The van der Waals surface area contributed by atoms with Gasteiger partial charge < -0.3 is 15.4 Å². The maximum Gasteiger partial charge on any atom is 0.339 e. The molecule has 1 aromatic heterocycles. The summed E-state index contributed by atoms with van der Waals surface area (Å²) in [4.78, 5) is 49.7. The third-order valence-corrected chi connectivity index (χ3v) is 5.66. The average molecular weight is 451 g/mol. The number of hydrogen-bond acceptors (Lipinski definition) is 6. The summed E-state index contributed by atoms with van der Waals surface area (Å²) >= 11 is 1.27. The fourth-order valence-corrected chi connectivity index (χ4v) is 3.60. The molecular formula is C24H22N2O5S. The Balaban J connectivity index is 1.52. The summed E-state index contributed by atoms with van der Waals surface area (Å²) in [7, 11) is 0. The minimum atomic E-state index is -0.791. The largest absolute Gasteiger partial charge is 0.452 e. The Hall–Kier alpha value is -3.78. The van der Waals surface area contributed by atoms with Crippen molar-refractivity contribution in [1.82, 2.24) is 5.32 Å². The van der Waals surface area contributed by atoms with Crippen LogP contribution in [0.1, 0.15) is 36.7 Å².